The van der Waals surface area contributed by atoms with Crippen molar-refractivity contribution in [2.45, 2.75) is 19.8 Å². The first kappa shape index (κ1) is 11.6. The lowest BCUT2D eigenvalue weighted by atomic mass is 9.99. The number of piperidine rings is 1. The fourth-order valence-corrected chi connectivity index (χ4v) is 3.03. The summed E-state index contributed by atoms with van der Waals surface area (Å²) in [4.78, 5) is 14.9. The molecule has 3 nitrogen and oxygen atoms in total. The molecular weight excluding hydrogens is 222 g/mol. The van der Waals surface area contributed by atoms with Crippen LogP contribution >= 0.6 is 11.3 Å². The summed E-state index contributed by atoms with van der Waals surface area (Å²) >= 11 is 1.51. The van der Waals surface area contributed by atoms with E-state index in [1.165, 1.54) is 11.3 Å². The lowest BCUT2D eigenvalue weighted by Crippen LogP contribution is -2.40. The first-order chi connectivity index (χ1) is 7.72. The number of aliphatic hydroxyl groups excluding tert-OH is 1. The van der Waals surface area contributed by atoms with Crippen LogP contribution in [-0.4, -0.2) is 35.6 Å². The lowest BCUT2D eigenvalue weighted by Gasteiger charge is -2.31. The Kier molecular flexibility index (Phi) is 3.61. The molecule has 0 aromatic carbocycles. The average molecular weight is 239 g/mol. The van der Waals surface area contributed by atoms with Crippen LogP contribution in [0.3, 0.4) is 0 Å². The Hall–Kier alpha value is -0.870. The minimum atomic E-state index is 0.130. The van der Waals surface area contributed by atoms with E-state index in [0.29, 0.717) is 6.54 Å². The fraction of sp³-hybridized carbons (Fsp3) is 0.583. The maximum atomic E-state index is 12.2. The minimum absolute atomic E-state index is 0.130. The highest BCUT2D eigenvalue weighted by atomic mass is 32.1. The number of hydrogen-bond acceptors (Lipinski definition) is 3. The lowest BCUT2D eigenvalue weighted by molar-refractivity contribution is 0.0625. The number of aryl methyl sites for hydroxylation is 1. The smallest absolute Gasteiger partial charge is 0.264 e. The van der Waals surface area contributed by atoms with Crippen molar-refractivity contribution in [2.75, 3.05) is 19.7 Å². The molecule has 1 amide bonds. The molecule has 0 radical (unpaired) electrons. The van der Waals surface area contributed by atoms with Crippen LogP contribution in [0.2, 0.25) is 0 Å². The van der Waals surface area contributed by atoms with Crippen molar-refractivity contribution >= 4 is 17.2 Å². The molecule has 1 N–H and O–H groups in total. The SMILES string of the molecule is Cc1ccsc1C(=O)N1CCC[C@@H](CO)C1. The summed E-state index contributed by atoms with van der Waals surface area (Å²) in [5.74, 6) is 0.392. The van der Waals surface area contributed by atoms with Crippen LogP contribution in [0.1, 0.15) is 28.1 Å². The Bertz CT molecular complexity index is 375. The summed E-state index contributed by atoms with van der Waals surface area (Å²) < 4.78 is 0. The van der Waals surface area contributed by atoms with Crippen LogP contribution in [-0.2, 0) is 0 Å². The van der Waals surface area contributed by atoms with Gasteiger partial charge in [0.1, 0.15) is 0 Å². The van der Waals surface area contributed by atoms with Gasteiger partial charge in [0, 0.05) is 19.7 Å². The van der Waals surface area contributed by atoms with Crippen molar-refractivity contribution in [1.82, 2.24) is 4.90 Å². The van der Waals surface area contributed by atoms with E-state index in [9.17, 15) is 4.79 Å². The first-order valence-electron chi connectivity index (χ1n) is 5.66. The topological polar surface area (TPSA) is 40.5 Å². The van der Waals surface area contributed by atoms with Crippen molar-refractivity contribution < 1.29 is 9.90 Å². The molecule has 2 rings (SSSR count). The van der Waals surface area contributed by atoms with Gasteiger partial charge in [-0.15, -0.1) is 11.3 Å². The molecule has 0 unspecified atom stereocenters. The maximum absolute atomic E-state index is 12.2. The van der Waals surface area contributed by atoms with E-state index in [0.717, 1.165) is 29.8 Å². The molecule has 1 aromatic heterocycles. The zero-order valence-electron chi connectivity index (χ0n) is 9.48. The van der Waals surface area contributed by atoms with Crippen molar-refractivity contribution in [3.63, 3.8) is 0 Å². The van der Waals surface area contributed by atoms with Gasteiger partial charge in [-0.05, 0) is 42.7 Å². The standard InChI is InChI=1S/C12H17NO2S/c1-9-4-6-16-11(9)12(15)13-5-2-3-10(7-13)8-14/h4,6,10,14H,2-3,5,7-8H2,1H3/t10-/m1/s1. The van der Waals surface area contributed by atoms with Crippen molar-refractivity contribution in [1.29, 1.82) is 0 Å². The summed E-state index contributed by atoms with van der Waals surface area (Å²) in [6, 6.07) is 1.98. The Morgan fingerprint density at radius 2 is 2.50 bits per heavy atom. The predicted octanol–water partition coefficient (Wildman–Crippen LogP) is 1.90. The van der Waals surface area contributed by atoms with Crippen LogP contribution in [0.5, 0.6) is 0 Å². The third-order valence-electron chi connectivity index (χ3n) is 3.12. The molecule has 1 atom stereocenters. The first-order valence-corrected chi connectivity index (χ1v) is 6.54. The molecule has 1 saturated heterocycles. The molecule has 0 bridgehead atoms. The van der Waals surface area contributed by atoms with Gasteiger partial charge in [0.25, 0.3) is 5.91 Å². The fourth-order valence-electron chi connectivity index (χ4n) is 2.13. The third kappa shape index (κ3) is 2.28. The van der Waals surface area contributed by atoms with Crippen LogP contribution in [0.25, 0.3) is 0 Å². The van der Waals surface area contributed by atoms with Gasteiger partial charge in [-0.1, -0.05) is 0 Å². The Morgan fingerprint density at radius 1 is 1.69 bits per heavy atom. The number of nitrogens with zero attached hydrogens (tertiary/aromatic N) is 1. The molecule has 0 saturated carbocycles. The van der Waals surface area contributed by atoms with Crippen LogP contribution in [0.4, 0.5) is 0 Å². The minimum Gasteiger partial charge on any atom is -0.396 e. The normalized spacial score (nSPS) is 21.1. The van der Waals surface area contributed by atoms with Crippen molar-refractivity contribution in [3.8, 4) is 0 Å². The second-order valence-corrected chi connectivity index (χ2v) is 5.29. The van der Waals surface area contributed by atoms with E-state index in [1.54, 1.807) is 0 Å². The monoisotopic (exact) mass is 239 g/mol. The molecule has 1 fully saturated rings. The van der Waals surface area contributed by atoms with Gasteiger partial charge in [0.05, 0.1) is 4.88 Å². The molecule has 1 aromatic rings. The van der Waals surface area contributed by atoms with Crippen molar-refractivity contribution in [2.24, 2.45) is 5.92 Å². The average Bonchev–Trinajstić information content (AvgIpc) is 2.74. The number of thiophene rings is 1. The van der Waals surface area contributed by atoms with E-state index >= 15 is 0 Å². The third-order valence-corrected chi connectivity index (χ3v) is 4.13. The van der Waals surface area contributed by atoms with E-state index in [4.69, 9.17) is 5.11 Å². The Balaban J connectivity index is 2.07. The molecule has 0 aliphatic carbocycles. The van der Waals surface area contributed by atoms with Crippen LogP contribution in [0, 0.1) is 12.8 Å². The molecule has 2 heterocycles. The summed E-state index contributed by atoms with van der Waals surface area (Å²) in [5, 5.41) is 11.1. The molecule has 0 spiro atoms. The van der Waals surface area contributed by atoms with Gasteiger partial charge in [0.15, 0.2) is 0 Å². The van der Waals surface area contributed by atoms with Gasteiger partial charge < -0.3 is 10.0 Å². The highest BCUT2D eigenvalue weighted by Gasteiger charge is 2.25. The van der Waals surface area contributed by atoms with Crippen molar-refractivity contribution in [3.05, 3.63) is 21.9 Å². The number of carbonyl (C=O) groups is 1. The highest BCUT2D eigenvalue weighted by molar-refractivity contribution is 7.12. The summed E-state index contributed by atoms with van der Waals surface area (Å²) in [6.07, 6.45) is 2.03. The van der Waals surface area contributed by atoms with E-state index in [1.807, 2.05) is 23.3 Å². The number of likely N-dealkylation sites (tertiary alicyclic amines) is 1. The Labute approximate surface area is 99.7 Å². The predicted molar refractivity (Wildman–Crippen MR) is 64.8 cm³/mol. The number of aliphatic hydroxyl groups is 1. The summed E-state index contributed by atoms with van der Waals surface area (Å²) in [6.45, 7) is 3.68. The second kappa shape index (κ2) is 4.97. The van der Waals surface area contributed by atoms with E-state index < -0.39 is 0 Å². The van der Waals surface area contributed by atoms with E-state index in [-0.39, 0.29) is 18.4 Å². The number of carbonyl (C=O) groups excluding carboxylic acids is 1. The van der Waals surface area contributed by atoms with Gasteiger partial charge in [-0.25, -0.2) is 0 Å². The van der Waals surface area contributed by atoms with Gasteiger partial charge in [0.2, 0.25) is 0 Å². The van der Waals surface area contributed by atoms with Crippen LogP contribution in [0.15, 0.2) is 11.4 Å². The molecule has 4 heteroatoms. The van der Waals surface area contributed by atoms with Gasteiger partial charge in [-0.2, -0.15) is 0 Å². The second-order valence-electron chi connectivity index (χ2n) is 4.37. The number of hydrogen-bond donors (Lipinski definition) is 1. The number of amides is 1. The zero-order chi connectivity index (χ0) is 11.5. The molecule has 88 valence electrons. The quantitative estimate of drug-likeness (QED) is 0.856. The molecular formula is C12H17NO2S. The largest absolute Gasteiger partial charge is 0.396 e. The maximum Gasteiger partial charge on any atom is 0.264 e. The number of rotatable bonds is 2. The molecule has 1 aliphatic heterocycles. The van der Waals surface area contributed by atoms with Gasteiger partial charge >= 0.3 is 0 Å². The van der Waals surface area contributed by atoms with Gasteiger partial charge in [-0.3, -0.25) is 4.79 Å². The summed E-state index contributed by atoms with van der Waals surface area (Å²) in [5.41, 5.74) is 1.06. The zero-order valence-corrected chi connectivity index (χ0v) is 10.3. The summed E-state index contributed by atoms with van der Waals surface area (Å²) in [7, 11) is 0. The molecule has 1 aliphatic rings. The molecule has 16 heavy (non-hydrogen) atoms. The Morgan fingerprint density at radius 3 is 3.12 bits per heavy atom. The van der Waals surface area contributed by atoms with E-state index in [2.05, 4.69) is 0 Å². The highest BCUT2D eigenvalue weighted by Crippen LogP contribution is 2.22. The van der Waals surface area contributed by atoms with Crippen LogP contribution < -0.4 is 0 Å².